The van der Waals surface area contributed by atoms with E-state index in [0.717, 1.165) is 12.8 Å². The van der Waals surface area contributed by atoms with E-state index in [2.05, 4.69) is 9.97 Å². The summed E-state index contributed by atoms with van der Waals surface area (Å²) in [5.41, 5.74) is 1.66. The number of nitrogens with zero attached hydrogens (tertiary/aromatic N) is 3. The van der Waals surface area contributed by atoms with E-state index < -0.39 is 0 Å². The third-order valence-electron chi connectivity index (χ3n) is 6.00. The Morgan fingerprint density at radius 2 is 1.65 bits per heavy atom. The van der Waals surface area contributed by atoms with Crippen molar-refractivity contribution in [3.8, 4) is 11.5 Å². The topological polar surface area (TPSA) is 81.6 Å². The molecule has 31 heavy (non-hydrogen) atoms. The molecule has 1 fully saturated rings. The number of aromatic nitrogens is 2. The highest BCUT2D eigenvalue weighted by molar-refractivity contribution is 6.34. The Balaban J connectivity index is 1.30. The first-order valence-corrected chi connectivity index (χ1v) is 10.6. The molecule has 0 atom stereocenters. The summed E-state index contributed by atoms with van der Waals surface area (Å²) < 4.78 is 11.7. The quantitative estimate of drug-likeness (QED) is 0.447. The van der Waals surface area contributed by atoms with Gasteiger partial charge < -0.3 is 9.47 Å². The average molecular weight is 438 g/mol. The number of amides is 2. The van der Waals surface area contributed by atoms with Crippen molar-refractivity contribution in [3.63, 3.8) is 0 Å². The van der Waals surface area contributed by atoms with E-state index in [1.165, 1.54) is 11.2 Å². The highest BCUT2D eigenvalue weighted by Gasteiger charge is 2.41. The first-order chi connectivity index (χ1) is 15.1. The number of carbonyl (C=O) groups excluding carboxylic acids is 2. The standard InChI is InChI=1S/C23H20ClN3O4/c1-30-19-11-18-17(21(24)26-12-25-18)10-20(19)31-14-8-6-13(7-9-14)27-22(28)15-4-2-3-5-16(15)23(27)29/h2-5,10-14H,6-9H2,1H3/t13-,14+. The fourth-order valence-electron chi connectivity index (χ4n) is 4.42. The molecular formula is C23H20ClN3O4. The molecular weight excluding hydrogens is 418 g/mol. The zero-order valence-electron chi connectivity index (χ0n) is 16.9. The van der Waals surface area contributed by atoms with Gasteiger partial charge in [-0.1, -0.05) is 23.7 Å². The molecule has 8 heteroatoms. The first-order valence-electron chi connectivity index (χ1n) is 10.2. The molecule has 2 heterocycles. The number of benzene rings is 2. The van der Waals surface area contributed by atoms with Crippen molar-refractivity contribution in [2.24, 2.45) is 0 Å². The third-order valence-corrected chi connectivity index (χ3v) is 6.30. The molecule has 7 nitrogen and oxygen atoms in total. The second kappa shape index (κ2) is 7.81. The summed E-state index contributed by atoms with van der Waals surface area (Å²) in [4.78, 5) is 35.2. The van der Waals surface area contributed by atoms with E-state index in [9.17, 15) is 9.59 Å². The molecule has 1 aromatic heterocycles. The lowest BCUT2D eigenvalue weighted by Gasteiger charge is -2.33. The van der Waals surface area contributed by atoms with Gasteiger partial charge in [0.2, 0.25) is 0 Å². The minimum absolute atomic E-state index is 0.0545. The van der Waals surface area contributed by atoms with Gasteiger partial charge in [-0.3, -0.25) is 14.5 Å². The highest BCUT2D eigenvalue weighted by atomic mass is 35.5. The molecule has 3 aromatic rings. The molecule has 0 spiro atoms. The van der Waals surface area contributed by atoms with Crippen LogP contribution in [0.1, 0.15) is 46.4 Å². The van der Waals surface area contributed by atoms with Crippen molar-refractivity contribution in [2.45, 2.75) is 37.8 Å². The molecule has 1 aliphatic carbocycles. The van der Waals surface area contributed by atoms with Crippen molar-refractivity contribution in [1.29, 1.82) is 0 Å². The zero-order valence-corrected chi connectivity index (χ0v) is 17.6. The summed E-state index contributed by atoms with van der Waals surface area (Å²) in [5, 5.41) is 1.05. The number of carbonyl (C=O) groups is 2. The largest absolute Gasteiger partial charge is 0.493 e. The zero-order chi connectivity index (χ0) is 21.5. The number of ether oxygens (including phenoxy) is 2. The van der Waals surface area contributed by atoms with Crippen LogP contribution in [-0.2, 0) is 0 Å². The van der Waals surface area contributed by atoms with E-state index in [1.807, 2.05) is 0 Å². The van der Waals surface area contributed by atoms with Gasteiger partial charge in [0.1, 0.15) is 11.5 Å². The summed E-state index contributed by atoms with van der Waals surface area (Å²) in [6, 6.07) is 10.5. The van der Waals surface area contributed by atoms with E-state index >= 15 is 0 Å². The summed E-state index contributed by atoms with van der Waals surface area (Å²) in [6.45, 7) is 0. The van der Waals surface area contributed by atoms with Gasteiger partial charge in [-0.2, -0.15) is 0 Å². The molecule has 1 saturated carbocycles. The number of imide groups is 1. The lowest BCUT2D eigenvalue weighted by molar-refractivity contribution is 0.0476. The van der Waals surface area contributed by atoms with Crippen LogP contribution >= 0.6 is 11.6 Å². The molecule has 1 aliphatic heterocycles. The van der Waals surface area contributed by atoms with Crippen LogP contribution in [0.2, 0.25) is 5.15 Å². The van der Waals surface area contributed by atoms with Gasteiger partial charge in [0, 0.05) is 17.5 Å². The molecule has 0 bridgehead atoms. The molecule has 0 saturated heterocycles. The number of hydrogen-bond donors (Lipinski definition) is 0. The van der Waals surface area contributed by atoms with Gasteiger partial charge in [0.15, 0.2) is 11.5 Å². The summed E-state index contributed by atoms with van der Waals surface area (Å²) in [7, 11) is 1.58. The number of rotatable bonds is 4. The third kappa shape index (κ3) is 3.39. The summed E-state index contributed by atoms with van der Waals surface area (Å²) in [6.07, 6.45) is 4.18. The second-order valence-electron chi connectivity index (χ2n) is 7.76. The lowest BCUT2D eigenvalue weighted by atomic mass is 9.91. The molecule has 0 N–H and O–H groups in total. The molecule has 2 aromatic carbocycles. The number of hydrogen-bond acceptors (Lipinski definition) is 6. The fraction of sp³-hybridized carbons (Fsp3) is 0.304. The smallest absolute Gasteiger partial charge is 0.261 e. The van der Waals surface area contributed by atoms with Crippen LogP contribution in [0.4, 0.5) is 0 Å². The van der Waals surface area contributed by atoms with Gasteiger partial charge >= 0.3 is 0 Å². The van der Waals surface area contributed by atoms with E-state index in [1.54, 1.807) is 43.5 Å². The van der Waals surface area contributed by atoms with Gasteiger partial charge in [0.05, 0.1) is 29.9 Å². The Bertz CT molecular complexity index is 1160. The normalized spacial score (nSPS) is 20.8. The predicted molar refractivity (Wildman–Crippen MR) is 115 cm³/mol. The molecule has 2 amide bonds. The number of methoxy groups -OCH3 is 1. The predicted octanol–water partition coefficient (Wildman–Crippen LogP) is 4.28. The van der Waals surface area contributed by atoms with Crippen molar-refractivity contribution in [2.75, 3.05) is 7.11 Å². The van der Waals surface area contributed by atoms with Gasteiger partial charge in [-0.25, -0.2) is 9.97 Å². The second-order valence-corrected chi connectivity index (χ2v) is 8.12. The Morgan fingerprint density at radius 1 is 0.968 bits per heavy atom. The van der Waals surface area contributed by atoms with E-state index in [-0.39, 0.29) is 24.0 Å². The lowest BCUT2D eigenvalue weighted by Crippen LogP contribution is -2.43. The van der Waals surface area contributed by atoms with Crippen molar-refractivity contribution < 1.29 is 19.1 Å². The maximum absolute atomic E-state index is 12.8. The molecule has 5 rings (SSSR count). The van der Waals surface area contributed by atoms with Crippen molar-refractivity contribution in [1.82, 2.24) is 14.9 Å². The summed E-state index contributed by atoms with van der Waals surface area (Å²) in [5.74, 6) is 0.757. The molecule has 2 aliphatic rings. The van der Waals surface area contributed by atoms with Gasteiger partial charge in [0.25, 0.3) is 11.8 Å². The highest BCUT2D eigenvalue weighted by Crippen LogP contribution is 2.37. The maximum Gasteiger partial charge on any atom is 0.261 e. The molecule has 158 valence electrons. The van der Waals surface area contributed by atoms with Crippen LogP contribution in [0, 0.1) is 0 Å². The maximum atomic E-state index is 12.8. The number of fused-ring (bicyclic) bond motifs is 2. The fourth-order valence-corrected chi connectivity index (χ4v) is 4.62. The van der Waals surface area contributed by atoms with Crippen LogP contribution in [0.15, 0.2) is 42.7 Å². The van der Waals surface area contributed by atoms with E-state index in [0.29, 0.717) is 51.5 Å². The van der Waals surface area contributed by atoms with Gasteiger partial charge in [-0.15, -0.1) is 0 Å². The van der Waals surface area contributed by atoms with Gasteiger partial charge in [-0.05, 0) is 43.9 Å². The van der Waals surface area contributed by atoms with Crippen molar-refractivity contribution in [3.05, 3.63) is 59.0 Å². The molecule has 0 radical (unpaired) electrons. The average Bonchev–Trinajstić information content (AvgIpc) is 3.05. The Kier molecular flexibility index (Phi) is 4.98. The van der Waals surface area contributed by atoms with Crippen LogP contribution < -0.4 is 9.47 Å². The Morgan fingerprint density at radius 3 is 2.29 bits per heavy atom. The monoisotopic (exact) mass is 437 g/mol. The Hall–Kier alpha value is -3.19. The van der Waals surface area contributed by atoms with Crippen LogP contribution in [-0.4, -0.2) is 45.9 Å². The van der Waals surface area contributed by atoms with Crippen LogP contribution in [0.5, 0.6) is 11.5 Å². The van der Waals surface area contributed by atoms with Crippen LogP contribution in [0.3, 0.4) is 0 Å². The molecule has 0 unspecified atom stereocenters. The number of halogens is 1. The van der Waals surface area contributed by atoms with Crippen LogP contribution in [0.25, 0.3) is 10.9 Å². The Labute approximate surface area is 183 Å². The summed E-state index contributed by atoms with van der Waals surface area (Å²) >= 11 is 6.21. The van der Waals surface area contributed by atoms with E-state index in [4.69, 9.17) is 21.1 Å². The van der Waals surface area contributed by atoms with Crippen molar-refractivity contribution >= 4 is 34.3 Å². The minimum atomic E-state index is -0.198. The first kappa shape index (κ1) is 19.8. The minimum Gasteiger partial charge on any atom is -0.493 e. The SMILES string of the molecule is COc1cc2ncnc(Cl)c2cc1O[C@H]1CC[C@@H](N2C(=O)c3ccccc3C2=O)CC1.